The van der Waals surface area contributed by atoms with Gasteiger partial charge in [-0.15, -0.1) is 0 Å². The van der Waals surface area contributed by atoms with Crippen LogP contribution in [0.2, 0.25) is 0 Å². The Morgan fingerprint density at radius 2 is 1.92 bits per heavy atom. The lowest BCUT2D eigenvalue weighted by Gasteiger charge is -2.20. The summed E-state index contributed by atoms with van der Waals surface area (Å²) < 4.78 is 13.8. The third kappa shape index (κ3) is 5.60. The van der Waals surface area contributed by atoms with Gasteiger partial charge in [-0.1, -0.05) is 0 Å². The smallest absolute Gasteiger partial charge is 0.253 e. The molecule has 10 heteroatoms. The number of H-pyrrole nitrogens is 1. The maximum Gasteiger partial charge on any atom is 0.253 e. The molecule has 36 heavy (non-hydrogen) atoms. The van der Waals surface area contributed by atoms with E-state index < -0.39 is 29.9 Å². The second-order valence-corrected chi connectivity index (χ2v) is 9.75. The van der Waals surface area contributed by atoms with Crippen LogP contribution >= 0.6 is 0 Å². The lowest BCUT2D eigenvalue weighted by molar-refractivity contribution is -0.132. The summed E-state index contributed by atoms with van der Waals surface area (Å²) >= 11 is 0. The number of nitrogens with zero attached hydrogens (tertiary/aromatic N) is 1. The lowest BCUT2D eigenvalue weighted by Crippen LogP contribution is -2.36. The molecule has 3 heterocycles. The highest BCUT2D eigenvalue weighted by atomic mass is 19.1. The standard InChI is InChI=1S/C26H33FN4O5/c1-14-22(12-20-19-9-16(27)5-6-21(19)30-25(20)35)29-15(2)24(14)26(36)28-13-18(33)10-17(32)11-23(34)31-7-3-4-8-31/h5-6,9,17-18,20,29,32-33H,3-4,7-8,10-13H2,1-2H3,(H,28,36)(H,30,35)/t17-,18+,20?/m1/s1. The van der Waals surface area contributed by atoms with Crippen molar-refractivity contribution >= 4 is 23.4 Å². The van der Waals surface area contributed by atoms with Crippen LogP contribution in [0.25, 0.3) is 0 Å². The molecule has 1 aromatic carbocycles. The molecule has 0 saturated carbocycles. The number of fused-ring (bicyclic) bond motifs is 1. The average molecular weight is 501 g/mol. The van der Waals surface area contributed by atoms with Crippen LogP contribution in [0.1, 0.15) is 64.5 Å². The van der Waals surface area contributed by atoms with Crippen LogP contribution in [0.4, 0.5) is 10.1 Å². The minimum absolute atomic E-state index is 0.0248. The Kier molecular flexibility index (Phi) is 7.75. The number of aryl methyl sites for hydroxylation is 1. The first kappa shape index (κ1) is 25.8. The number of carbonyl (C=O) groups is 3. The third-order valence-electron chi connectivity index (χ3n) is 7.05. The van der Waals surface area contributed by atoms with Crippen molar-refractivity contribution in [2.24, 2.45) is 0 Å². The summed E-state index contributed by atoms with van der Waals surface area (Å²) in [6.45, 7) is 4.85. The van der Waals surface area contributed by atoms with Crippen molar-refractivity contribution in [1.29, 1.82) is 0 Å². The summed E-state index contributed by atoms with van der Waals surface area (Å²) in [5, 5.41) is 25.9. The van der Waals surface area contributed by atoms with E-state index in [0.717, 1.165) is 12.8 Å². The molecule has 1 fully saturated rings. The van der Waals surface area contributed by atoms with E-state index in [4.69, 9.17) is 0 Å². The molecule has 1 unspecified atom stereocenters. The molecule has 0 radical (unpaired) electrons. The van der Waals surface area contributed by atoms with Gasteiger partial charge in [0.1, 0.15) is 5.82 Å². The number of carbonyl (C=O) groups excluding carboxylic acids is 3. The SMILES string of the molecule is Cc1[nH]c(CC2C(=O)Nc3ccc(F)cc32)c(C)c1C(=O)NC[C@@H](O)C[C@@H](O)CC(=O)N1CCCC1. The quantitative estimate of drug-likeness (QED) is 0.359. The van der Waals surface area contributed by atoms with E-state index >= 15 is 0 Å². The number of hydrogen-bond donors (Lipinski definition) is 5. The Morgan fingerprint density at radius 1 is 1.19 bits per heavy atom. The topological polar surface area (TPSA) is 135 Å². The van der Waals surface area contributed by atoms with Crippen molar-refractivity contribution in [2.45, 2.75) is 64.1 Å². The minimum Gasteiger partial charge on any atom is -0.392 e. The van der Waals surface area contributed by atoms with Crippen LogP contribution in [0.3, 0.4) is 0 Å². The number of benzene rings is 1. The Bertz CT molecular complexity index is 1160. The van der Waals surface area contributed by atoms with Crippen molar-refractivity contribution in [1.82, 2.24) is 15.2 Å². The summed E-state index contributed by atoms with van der Waals surface area (Å²) in [4.78, 5) is 42.4. The first-order valence-corrected chi connectivity index (χ1v) is 12.3. The van der Waals surface area contributed by atoms with Gasteiger partial charge in [0.2, 0.25) is 11.8 Å². The Hall–Kier alpha value is -3.24. The zero-order valence-electron chi connectivity index (χ0n) is 20.6. The van der Waals surface area contributed by atoms with E-state index in [9.17, 15) is 29.0 Å². The first-order chi connectivity index (χ1) is 17.1. The number of aliphatic hydroxyl groups is 2. The average Bonchev–Trinajstić information content (AvgIpc) is 3.52. The number of aromatic amines is 1. The van der Waals surface area contributed by atoms with Gasteiger partial charge in [-0.2, -0.15) is 0 Å². The largest absolute Gasteiger partial charge is 0.392 e. The molecule has 2 aliphatic heterocycles. The second kappa shape index (κ2) is 10.8. The molecule has 0 bridgehead atoms. The van der Waals surface area contributed by atoms with Crippen LogP contribution in [0.5, 0.6) is 0 Å². The Balaban J connectivity index is 1.33. The molecule has 1 saturated heterocycles. The number of aromatic nitrogens is 1. The summed E-state index contributed by atoms with van der Waals surface area (Å²) in [5.41, 5.74) is 3.58. The molecule has 1 aromatic heterocycles. The normalized spacial score (nSPS) is 18.6. The van der Waals surface area contributed by atoms with Gasteiger partial charge in [0.15, 0.2) is 0 Å². The van der Waals surface area contributed by atoms with Crippen LogP contribution in [0, 0.1) is 19.7 Å². The molecule has 2 aliphatic rings. The Labute approximate surface area is 209 Å². The number of likely N-dealkylation sites (tertiary alicyclic amines) is 1. The Morgan fingerprint density at radius 3 is 2.64 bits per heavy atom. The van der Waals surface area contributed by atoms with E-state index in [1.54, 1.807) is 24.8 Å². The number of aliphatic hydroxyl groups excluding tert-OH is 2. The van der Waals surface area contributed by atoms with Gasteiger partial charge in [0.05, 0.1) is 30.1 Å². The molecule has 9 nitrogen and oxygen atoms in total. The van der Waals surface area contributed by atoms with E-state index in [1.165, 1.54) is 12.1 Å². The van der Waals surface area contributed by atoms with Crippen molar-refractivity contribution in [3.8, 4) is 0 Å². The molecule has 4 rings (SSSR count). The van der Waals surface area contributed by atoms with Crippen LogP contribution in [0.15, 0.2) is 18.2 Å². The summed E-state index contributed by atoms with van der Waals surface area (Å²) in [6, 6.07) is 4.19. The monoisotopic (exact) mass is 500 g/mol. The van der Waals surface area contributed by atoms with E-state index in [0.29, 0.717) is 46.9 Å². The molecular weight excluding hydrogens is 467 g/mol. The zero-order valence-corrected chi connectivity index (χ0v) is 20.6. The molecule has 0 aliphatic carbocycles. The fourth-order valence-electron chi connectivity index (χ4n) is 5.14. The fraction of sp³-hybridized carbons (Fsp3) is 0.500. The molecule has 2 aromatic rings. The van der Waals surface area contributed by atoms with Crippen molar-refractivity contribution in [2.75, 3.05) is 25.0 Å². The van der Waals surface area contributed by atoms with Gasteiger partial charge in [0.25, 0.3) is 5.91 Å². The third-order valence-corrected chi connectivity index (χ3v) is 7.05. The molecule has 5 N–H and O–H groups in total. The first-order valence-electron chi connectivity index (χ1n) is 12.3. The number of anilines is 1. The highest BCUT2D eigenvalue weighted by Crippen LogP contribution is 2.36. The number of rotatable bonds is 9. The van der Waals surface area contributed by atoms with Crippen molar-refractivity contribution in [3.05, 3.63) is 52.1 Å². The number of nitrogens with one attached hydrogen (secondary N) is 3. The van der Waals surface area contributed by atoms with Gasteiger partial charge in [0, 0.05) is 49.6 Å². The molecule has 3 atom stereocenters. The number of halogens is 1. The van der Waals surface area contributed by atoms with Crippen molar-refractivity contribution < 1.29 is 29.0 Å². The minimum atomic E-state index is -1.01. The van der Waals surface area contributed by atoms with Gasteiger partial charge < -0.3 is 30.7 Å². The van der Waals surface area contributed by atoms with Gasteiger partial charge in [-0.25, -0.2) is 4.39 Å². The van der Waals surface area contributed by atoms with Gasteiger partial charge in [-0.3, -0.25) is 14.4 Å². The maximum absolute atomic E-state index is 13.8. The summed E-state index contributed by atoms with van der Waals surface area (Å²) in [7, 11) is 0. The fourth-order valence-corrected chi connectivity index (χ4v) is 5.14. The molecular formula is C26H33FN4O5. The van der Waals surface area contributed by atoms with E-state index in [1.807, 2.05) is 0 Å². The highest BCUT2D eigenvalue weighted by Gasteiger charge is 2.33. The molecule has 194 valence electrons. The zero-order chi connectivity index (χ0) is 26.0. The number of amides is 3. The number of hydrogen-bond acceptors (Lipinski definition) is 5. The van der Waals surface area contributed by atoms with Crippen LogP contribution < -0.4 is 10.6 Å². The van der Waals surface area contributed by atoms with Crippen LogP contribution in [-0.2, 0) is 16.0 Å². The predicted molar refractivity (Wildman–Crippen MR) is 131 cm³/mol. The van der Waals surface area contributed by atoms with Crippen LogP contribution in [-0.4, -0.2) is 69.7 Å². The van der Waals surface area contributed by atoms with E-state index in [-0.39, 0.29) is 37.6 Å². The highest BCUT2D eigenvalue weighted by molar-refractivity contribution is 6.03. The molecule has 0 spiro atoms. The summed E-state index contributed by atoms with van der Waals surface area (Å²) in [6.07, 6.45) is 0.142. The molecule has 3 amide bonds. The summed E-state index contributed by atoms with van der Waals surface area (Å²) in [5.74, 6) is -1.73. The predicted octanol–water partition coefficient (Wildman–Crippen LogP) is 1.90. The van der Waals surface area contributed by atoms with Gasteiger partial charge >= 0.3 is 0 Å². The maximum atomic E-state index is 13.8. The van der Waals surface area contributed by atoms with Gasteiger partial charge in [-0.05, 0) is 56.0 Å². The van der Waals surface area contributed by atoms with Crippen molar-refractivity contribution in [3.63, 3.8) is 0 Å². The second-order valence-electron chi connectivity index (χ2n) is 9.75. The van der Waals surface area contributed by atoms with E-state index in [2.05, 4.69) is 15.6 Å². The lowest BCUT2D eigenvalue weighted by atomic mass is 9.94.